The molecule has 1 saturated carbocycles. The highest BCUT2D eigenvalue weighted by Gasteiger charge is 2.39. The van der Waals surface area contributed by atoms with Crippen molar-refractivity contribution in [3.63, 3.8) is 0 Å². The average Bonchev–Trinajstić information content (AvgIpc) is 3.14. The van der Waals surface area contributed by atoms with E-state index in [0.29, 0.717) is 18.1 Å². The lowest BCUT2D eigenvalue weighted by Gasteiger charge is -2.34. The van der Waals surface area contributed by atoms with E-state index in [2.05, 4.69) is 33.7 Å². The Balaban J connectivity index is 0.00000240. The fourth-order valence-corrected chi connectivity index (χ4v) is 3.62. The van der Waals surface area contributed by atoms with Gasteiger partial charge in [-0.1, -0.05) is 61.5 Å². The van der Waals surface area contributed by atoms with Crippen molar-refractivity contribution in [3.05, 3.63) is 59.7 Å². The number of aromatic nitrogens is 2. The lowest BCUT2D eigenvalue weighted by atomic mass is 9.77. The van der Waals surface area contributed by atoms with Gasteiger partial charge in [-0.15, -0.1) is 12.4 Å². The number of nitrogens with zero attached hydrogens (tertiary/aromatic N) is 2. The molecule has 1 unspecified atom stereocenters. The molecule has 154 valence electrons. The second-order valence-electron chi connectivity index (χ2n) is 8.11. The van der Waals surface area contributed by atoms with Crippen molar-refractivity contribution < 1.29 is 9.32 Å². The van der Waals surface area contributed by atoms with E-state index in [-0.39, 0.29) is 30.3 Å². The first-order chi connectivity index (χ1) is 13.4. The number of rotatable bonds is 6. The molecule has 0 saturated heterocycles. The molecule has 0 spiro atoms. The van der Waals surface area contributed by atoms with Gasteiger partial charge in [-0.05, 0) is 41.5 Å². The zero-order valence-corrected chi connectivity index (χ0v) is 17.5. The van der Waals surface area contributed by atoms with Crippen LogP contribution in [-0.4, -0.2) is 16.0 Å². The van der Waals surface area contributed by atoms with Crippen LogP contribution in [0.5, 0.6) is 0 Å². The number of carbonyl (C=O) groups is 1. The summed E-state index contributed by atoms with van der Waals surface area (Å²) in [4.78, 5) is 17.2. The predicted molar refractivity (Wildman–Crippen MR) is 115 cm³/mol. The molecule has 7 heteroatoms. The third-order valence-corrected chi connectivity index (χ3v) is 5.56. The fourth-order valence-electron chi connectivity index (χ4n) is 3.62. The zero-order valence-electron chi connectivity index (χ0n) is 16.7. The summed E-state index contributed by atoms with van der Waals surface area (Å²) < 4.78 is 5.46. The monoisotopic (exact) mass is 414 g/mol. The normalized spacial score (nSPS) is 16.1. The first kappa shape index (κ1) is 21.3. The van der Waals surface area contributed by atoms with Crippen LogP contribution in [-0.2, 0) is 16.8 Å². The molecule has 1 aliphatic rings. The van der Waals surface area contributed by atoms with E-state index in [1.165, 1.54) is 0 Å². The van der Waals surface area contributed by atoms with E-state index < -0.39 is 5.54 Å². The number of hydrogen-bond acceptors (Lipinski definition) is 5. The molecule has 0 radical (unpaired) electrons. The van der Waals surface area contributed by atoms with Crippen LogP contribution in [0.4, 0.5) is 0 Å². The molecular weight excluding hydrogens is 388 g/mol. The molecule has 1 aliphatic carbocycles. The number of nitrogens with one attached hydrogen (secondary N) is 1. The van der Waals surface area contributed by atoms with Crippen molar-refractivity contribution >= 4 is 29.1 Å². The lowest BCUT2D eigenvalue weighted by molar-refractivity contribution is -0.121. The van der Waals surface area contributed by atoms with Gasteiger partial charge in [0.15, 0.2) is 5.82 Å². The lowest BCUT2D eigenvalue weighted by Crippen LogP contribution is -2.44. The summed E-state index contributed by atoms with van der Waals surface area (Å²) in [6, 6.07) is 13.9. The standard InChI is InChI=1S/C22H26N4O2.ClH/c1-14(2)19(20-25-21(26-28-20)22(23)10-5-11-22)24-18(27)13-15-8-9-16-6-3-4-7-17(16)12-15;/h3-4,6-9,12,14,19H,5,10-11,13,23H2,1-2H3,(H,24,27);1H. The molecule has 0 aliphatic heterocycles. The van der Waals surface area contributed by atoms with E-state index in [4.69, 9.17) is 10.3 Å². The highest BCUT2D eigenvalue weighted by atomic mass is 35.5. The summed E-state index contributed by atoms with van der Waals surface area (Å²) >= 11 is 0. The Hall–Kier alpha value is -2.44. The van der Waals surface area contributed by atoms with E-state index in [1.54, 1.807) is 0 Å². The number of nitrogens with two attached hydrogens (primary N) is 1. The Bertz CT molecular complexity index is 997. The second-order valence-corrected chi connectivity index (χ2v) is 8.11. The third-order valence-electron chi connectivity index (χ3n) is 5.56. The summed E-state index contributed by atoms with van der Waals surface area (Å²) in [5.74, 6) is 1.01. The number of fused-ring (bicyclic) bond motifs is 1. The van der Waals surface area contributed by atoms with Crippen molar-refractivity contribution in [1.29, 1.82) is 0 Å². The fraction of sp³-hybridized carbons (Fsp3) is 0.409. The van der Waals surface area contributed by atoms with Crippen LogP contribution in [0, 0.1) is 5.92 Å². The van der Waals surface area contributed by atoms with Crippen LogP contribution in [0.2, 0.25) is 0 Å². The van der Waals surface area contributed by atoms with Gasteiger partial charge in [-0.2, -0.15) is 4.98 Å². The van der Waals surface area contributed by atoms with Gasteiger partial charge in [0.25, 0.3) is 0 Å². The second kappa shape index (κ2) is 8.51. The molecule has 0 bridgehead atoms. The van der Waals surface area contributed by atoms with Crippen molar-refractivity contribution in [2.75, 3.05) is 0 Å². The van der Waals surface area contributed by atoms with Gasteiger partial charge in [0.1, 0.15) is 6.04 Å². The zero-order chi connectivity index (χ0) is 19.7. The Morgan fingerprint density at radius 3 is 2.59 bits per heavy atom. The van der Waals surface area contributed by atoms with Crippen molar-refractivity contribution in [1.82, 2.24) is 15.5 Å². The van der Waals surface area contributed by atoms with E-state index in [1.807, 2.05) is 38.1 Å². The van der Waals surface area contributed by atoms with Gasteiger partial charge < -0.3 is 15.6 Å². The maximum Gasteiger partial charge on any atom is 0.249 e. The van der Waals surface area contributed by atoms with Gasteiger partial charge in [0, 0.05) is 0 Å². The molecule has 6 nitrogen and oxygen atoms in total. The average molecular weight is 415 g/mol. The largest absolute Gasteiger partial charge is 0.344 e. The maximum atomic E-state index is 12.7. The SMILES string of the molecule is CC(C)C(NC(=O)Cc1ccc2ccccc2c1)c1nc(C2(N)CCC2)no1.Cl. The molecule has 2 aromatic carbocycles. The van der Waals surface area contributed by atoms with Crippen LogP contribution in [0.25, 0.3) is 10.8 Å². The Labute approximate surface area is 176 Å². The summed E-state index contributed by atoms with van der Waals surface area (Å²) in [6.07, 6.45) is 3.12. The molecule has 1 atom stereocenters. The van der Waals surface area contributed by atoms with E-state index in [9.17, 15) is 4.79 Å². The highest BCUT2D eigenvalue weighted by molar-refractivity contribution is 5.86. The number of carbonyl (C=O) groups excluding carboxylic acids is 1. The Morgan fingerprint density at radius 1 is 1.21 bits per heavy atom. The van der Waals surface area contributed by atoms with Crippen molar-refractivity contribution in [2.24, 2.45) is 11.7 Å². The molecule has 1 amide bonds. The van der Waals surface area contributed by atoms with E-state index >= 15 is 0 Å². The Morgan fingerprint density at radius 2 is 1.93 bits per heavy atom. The summed E-state index contributed by atoms with van der Waals surface area (Å²) in [5.41, 5.74) is 6.79. The van der Waals surface area contributed by atoms with Gasteiger partial charge in [0.2, 0.25) is 11.8 Å². The molecule has 1 heterocycles. The molecular formula is C22H27ClN4O2. The minimum atomic E-state index is -0.474. The summed E-state index contributed by atoms with van der Waals surface area (Å²) in [7, 11) is 0. The number of benzene rings is 2. The van der Waals surface area contributed by atoms with Gasteiger partial charge in [-0.3, -0.25) is 4.79 Å². The molecule has 1 aromatic heterocycles. The topological polar surface area (TPSA) is 94.0 Å². The smallest absolute Gasteiger partial charge is 0.249 e. The van der Waals surface area contributed by atoms with Gasteiger partial charge in [0.05, 0.1) is 12.0 Å². The van der Waals surface area contributed by atoms with Gasteiger partial charge >= 0.3 is 0 Å². The molecule has 3 aromatic rings. The number of halogens is 1. The first-order valence-corrected chi connectivity index (χ1v) is 9.85. The number of amides is 1. The minimum Gasteiger partial charge on any atom is -0.344 e. The van der Waals surface area contributed by atoms with Crippen LogP contribution in [0.1, 0.15) is 56.4 Å². The maximum absolute atomic E-state index is 12.7. The van der Waals surface area contributed by atoms with Crippen molar-refractivity contribution in [3.8, 4) is 0 Å². The first-order valence-electron chi connectivity index (χ1n) is 9.85. The number of hydrogen-bond donors (Lipinski definition) is 2. The quantitative estimate of drug-likeness (QED) is 0.634. The minimum absolute atomic E-state index is 0. The molecule has 1 fully saturated rings. The highest BCUT2D eigenvalue weighted by Crippen LogP contribution is 2.37. The van der Waals surface area contributed by atoms with Crippen LogP contribution < -0.4 is 11.1 Å². The molecule has 3 N–H and O–H groups in total. The summed E-state index contributed by atoms with van der Waals surface area (Å²) in [5, 5.41) is 9.42. The van der Waals surface area contributed by atoms with Crippen molar-refractivity contribution in [2.45, 2.75) is 51.1 Å². The van der Waals surface area contributed by atoms with Crippen LogP contribution in [0.3, 0.4) is 0 Å². The predicted octanol–water partition coefficient (Wildman–Crippen LogP) is 4.04. The van der Waals surface area contributed by atoms with E-state index in [0.717, 1.165) is 35.6 Å². The Kier molecular flexibility index (Phi) is 6.24. The van der Waals surface area contributed by atoms with Crippen LogP contribution in [0.15, 0.2) is 47.0 Å². The molecule has 4 rings (SSSR count). The van der Waals surface area contributed by atoms with Gasteiger partial charge in [-0.25, -0.2) is 0 Å². The third kappa shape index (κ3) is 4.43. The van der Waals surface area contributed by atoms with Crippen LogP contribution >= 0.6 is 12.4 Å². The molecule has 29 heavy (non-hydrogen) atoms. The summed E-state index contributed by atoms with van der Waals surface area (Å²) in [6.45, 7) is 4.04.